The first-order valence-corrected chi connectivity index (χ1v) is 8.98. The molecule has 1 aliphatic rings. The Bertz CT molecular complexity index is 766. The zero-order chi connectivity index (χ0) is 18.5. The van der Waals surface area contributed by atoms with E-state index in [9.17, 15) is 9.59 Å². The summed E-state index contributed by atoms with van der Waals surface area (Å²) < 4.78 is 1.88. The van der Waals surface area contributed by atoms with Gasteiger partial charge in [0.2, 0.25) is 12.3 Å². The number of anilines is 2. The van der Waals surface area contributed by atoms with E-state index in [1.165, 1.54) is 4.90 Å². The van der Waals surface area contributed by atoms with Crippen LogP contribution in [0.2, 0.25) is 0 Å². The molecule has 0 aliphatic carbocycles. The van der Waals surface area contributed by atoms with Crippen molar-refractivity contribution in [2.24, 2.45) is 0 Å². The molecule has 2 aromatic heterocycles. The van der Waals surface area contributed by atoms with E-state index in [-0.39, 0.29) is 12.3 Å². The van der Waals surface area contributed by atoms with Crippen LogP contribution in [0.1, 0.15) is 19.3 Å². The van der Waals surface area contributed by atoms with Crippen LogP contribution in [0.25, 0.3) is 5.65 Å². The molecule has 0 saturated carbocycles. The number of hydrogen-bond donors (Lipinski definition) is 2. The van der Waals surface area contributed by atoms with Gasteiger partial charge in [0, 0.05) is 57.1 Å². The SMILES string of the molecule is CNC(=O)CCN(C=O)c1cnc2cc(N3CCC(NC)CC3)ccn12. The van der Waals surface area contributed by atoms with Crippen molar-refractivity contribution < 1.29 is 9.59 Å². The molecular weight excluding hydrogens is 332 g/mol. The number of pyridine rings is 1. The molecule has 0 aromatic carbocycles. The van der Waals surface area contributed by atoms with Crippen molar-refractivity contribution in [3.8, 4) is 0 Å². The fraction of sp³-hybridized carbons (Fsp3) is 0.500. The summed E-state index contributed by atoms with van der Waals surface area (Å²) >= 11 is 0. The second-order valence-corrected chi connectivity index (χ2v) is 6.50. The average molecular weight is 358 g/mol. The summed E-state index contributed by atoms with van der Waals surface area (Å²) in [7, 11) is 3.60. The Kier molecular flexibility index (Phi) is 5.72. The lowest BCUT2D eigenvalue weighted by molar-refractivity contribution is -0.120. The maximum absolute atomic E-state index is 11.5. The molecule has 0 bridgehead atoms. The summed E-state index contributed by atoms with van der Waals surface area (Å²) in [5.74, 6) is 0.567. The lowest BCUT2D eigenvalue weighted by Crippen LogP contribution is -2.41. The van der Waals surface area contributed by atoms with Gasteiger partial charge in [0.1, 0.15) is 11.5 Å². The highest BCUT2D eigenvalue weighted by atomic mass is 16.2. The van der Waals surface area contributed by atoms with Crippen LogP contribution in [0.4, 0.5) is 11.5 Å². The minimum atomic E-state index is -0.0991. The van der Waals surface area contributed by atoms with Crippen molar-refractivity contribution in [1.29, 1.82) is 0 Å². The summed E-state index contributed by atoms with van der Waals surface area (Å²) in [6.07, 6.45) is 6.85. The molecule has 3 rings (SSSR count). The summed E-state index contributed by atoms with van der Waals surface area (Å²) in [6, 6.07) is 4.69. The van der Waals surface area contributed by atoms with Gasteiger partial charge >= 0.3 is 0 Å². The zero-order valence-corrected chi connectivity index (χ0v) is 15.3. The van der Waals surface area contributed by atoms with E-state index in [1.54, 1.807) is 13.2 Å². The van der Waals surface area contributed by atoms with E-state index in [4.69, 9.17) is 0 Å². The number of carbonyl (C=O) groups is 2. The standard InChI is InChI=1S/C18H26N6O2/c1-19-14-3-7-22(8-4-14)15-5-10-24-16(11-15)21-12-18(24)23(13-25)9-6-17(26)20-2/h5,10-14,19H,3-4,6-9H2,1-2H3,(H,20,26). The third kappa shape index (κ3) is 3.80. The molecule has 0 spiro atoms. The van der Waals surface area contributed by atoms with Crippen molar-refractivity contribution >= 4 is 29.5 Å². The monoisotopic (exact) mass is 358 g/mol. The first-order chi connectivity index (χ1) is 12.7. The van der Waals surface area contributed by atoms with Gasteiger partial charge < -0.3 is 15.5 Å². The van der Waals surface area contributed by atoms with Crippen molar-refractivity contribution in [3.63, 3.8) is 0 Å². The normalized spacial score (nSPS) is 15.2. The van der Waals surface area contributed by atoms with Gasteiger partial charge in [0.25, 0.3) is 0 Å². The van der Waals surface area contributed by atoms with Crippen molar-refractivity contribution in [3.05, 3.63) is 24.5 Å². The molecule has 1 saturated heterocycles. The second-order valence-electron chi connectivity index (χ2n) is 6.50. The molecule has 8 heteroatoms. The van der Waals surface area contributed by atoms with Gasteiger partial charge in [-0.05, 0) is 26.0 Å². The molecule has 2 aromatic rings. The third-order valence-corrected chi connectivity index (χ3v) is 5.03. The summed E-state index contributed by atoms with van der Waals surface area (Å²) in [5, 5.41) is 5.91. The number of nitrogens with one attached hydrogen (secondary N) is 2. The number of nitrogens with zero attached hydrogens (tertiary/aromatic N) is 4. The maximum Gasteiger partial charge on any atom is 0.221 e. The van der Waals surface area contributed by atoms with Gasteiger partial charge in [0.15, 0.2) is 0 Å². The topological polar surface area (TPSA) is 82.0 Å². The van der Waals surface area contributed by atoms with Gasteiger partial charge in [-0.15, -0.1) is 0 Å². The molecule has 2 amide bonds. The van der Waals surface area contributed by atoms with Crippen LogP contribution in [-0.2, 0) is 9.59 Å². The van der Waals surface area contributed by atoms with Gasteiger partial charge in [-0.25, -0.2) is 4.98 Å². The fourth-order valence-corrected chi connectivity index (χ4v) is 3.36. The molecule has 0 atom stereocenters. The third-order valence-electron chi connectivity index (χ3n) is 5.03. The van der Waals surface area contributed by atoms with Gasteiger partial charge in [-0.1, -0.05) is 0 Å². The molecule has 8 nitrogen and oxygen atoms in total. The largest absolute Gasteiger partial charge is 0.371 e. The molecule has 1 aliphatic heterocycles. The van der Waals surface area contributed by atoms with Crippen LogP contribution in [0.15, 0.2) is 24.5 Å². The number of aromatic nitrogens is 2. The highest BCUT2D eigenvalue weighted by Gasteiger charge is 2.19. The van der Waals surface area contributed by atoms with E-state index < -0.39 is 0 Å². The van der Waals surface area contributed by atoms with Gasteiger partial charge in [0.05, 0.1) is 6.20 Å². The first-order valence-electron chi connectivity index (χ1n) is 8.98. The number of amides is 2. The summed E-state index contributed by atoms with van der Waals surface area (Å²) in [5.41, 5.74) is 1.94. The number of imidazole rings is 1. The zero-order valence-electron chi connectivity index (χ0n) is 15.3. The minimum Gasteiger partial charge on any atom is -0.371 e. The molecule has 2 N–H and O–H groups in total. The van der Waals surface area contributed by atoms with Crippen molar-refractivity contribution in [2.45, 2.75) is 25.3 Å². The predicted molar refractivity (Wildman–Crippen MR) is 102 cm³/mol. The first kappa shape index (κ1) is 18.2. The van der Waals surface area contributed by atoms with Crippen LogP contribution < -0.4 is 20.4 Å². The van der Waals surface area contributed by atoms with Gasteiger partial charge in [-0.3, -0.25) is 18.9 Å². The van der Waals surface area contributed by atoms with Crippen LogP contribution in [-0.4, -0.2) is 61.5 Å². The number of piperidine rings is 1. The van der Waals surface area contributed by atoms with Crippen molar-refractivity contribution in [1.82, 2.24) is 20.0 Å². The predicted octanol–water partition coefficient (Wildman–Crippen LogP) is 0.621. The number of carbonyl (C=O) groups excluding carboxylic acids is 2. The number of hydrogen-bond acceptors (Lipinski definition) is 5. The van der Waals surface area contributed by atoms with E-state index in [2.05, 4.69) is 26.6 Å². The average Bonchev–Trinajstić information content (AvgIpc) is 3.11. The molecule has 140 valence electrons. The lowest BCUT2D eigenvalue weighted by atomic mass is 10.0. The number of rotatable bonds is 7. The number of fused-ring (bicyclic) bond motifs is 1. The molecule has 1 fully saturated rings. The smallest absolute Gasteiger partial charge is 0.221 e. The van der Waals surface area contributed by atoms with E-state index in [1.807, 2.05) is 23.7 Å². The van der Waals surface area contributed by atoms with Gasteiger partial charge in [-0.2, -0.15) is 0 Å². The summed E-state index contributed by atoms with van der Waals surface area (Å²) in [4.78, 5) is 31.2. The fourth-order valence-electron chi connectivity index (χ4n) is 3.36. The Hall–Kier alpha value is -2.61. The summed E-state index contributed by atoms with van der Waals surface area (Å²) in [6.45, 7) is 2.35. The van der Waals surface area contributed by atoms with Crippen LogP contribution in [0, 0.1) is 0 Å². The van der Waals surface area contributed by atoms with Crippen molar-refractivity contribution in [2.75, 3.05) is 43.5 Å². The Morgan fingerprint density at radius 1 is 1.38 bits per heavy atom. The second kappa shape index (κ2) is 8.18. The molecular formula is C18H26N6O2. The van der Waals surface area contributed by atoms with Crippen LogP contribution in [0.5, 0.6) is 0 Å². The van der Waals surface area contributed by atoms with E-state index >= 15 is 0 Å². The Morgan fingerprint density at radius 3 is 2.81 bits per heavy atom. The van der Waals surface area contributed by atoms with Crippen LogP contribution >= 0.6 is 0 Å². The van der Waals surface area contributed by atoms with E-state index in [0.29, 0.717) is 18.4 Å². The Balaban J connectivity index is 1.76. The lowest BCUT2D eigenvalue weighted by Gasteiger charge is -2.33. The van der Waals surface area contributed by atoms with E-state index in [0.717, 1.165) is 43.7 Å². The molecule has 0 radical (unpaired) electrons. The molecule has 3 heterocycles. The Morgan fingerprint density at radius 2 is 2.15 bits per heavy atom. The highest BCUT2D eigenvalue weighted by Crippen LogP contribution is 2.24. The minimum absolute atomic E-state index is 0.0991. The molecule has 0 unspecified atom stereocenters. The quantitative estimate of drug-likeness (QED) is 0.709. The highest BCUT2D eigenvalue weighted by molar-refractivity contribution is 5.79. The van der Waals surface area contributed by atoms with Crippen LogP contribution in [0.3, 0.4) is 0 Å². The Labute approximate surface area is 153 Å². The molecule has 26 heavy (non-hydrogen) atoms. The maximum atomic E-state index is 11.5.